The Balaban J connectivity index is 1.88. The average molecular weight is 528 g/mol. The number of carbonyl (C=O) groups is 1. The second-order valence-electron chi connectivity index (χ2n) is 6.38. The van der Waals surface area contributed by atoms with Gasteiger partial charge in [-0.05, 0) is 54.1 Å². The van der Waals surface area contributed by atoms with Crippen LogP contribution in [-0.4, -0.2) is 25.2 Å². The predicted molar refractivity (Wildman–Crippen MR) is 123 cm³/mol. The molecule has 0 bridgehead atoms. The zero-order chi connectivity index (χ0) is 21.7. The van der Waals surface area contributed by atoms with Crippen molar-refractivity contribution in [2.24, 2.45) is 0 Å². The Kier molecular flexibility index (Phi) is 7.55. The van der Waals surface area contributed by atoms with E-state index >= 15 is 0 Å². The van der Waals surface area contributed by atoms with Gasteiger partial charge in [-0.25, -0.2) is 8.42 Å². The summed E-state index contributed by atoms with van der Waals surface area (Å²) in [7, 11) is -3.95. The van der Waals surface area contributed by atoms with Crippen LogP contribution in [0.2, 0.25) is 10.0 Å². The van der Waals surface area contributed by atoms with Crippen LogP contribution in [0, 0.1) is 0 Å². The lowest BCUT2D eigenvalue weighted by Gasteiger charge is -2.22. The first kappa shape index (κ1) is 22.8. The van der Waals surface area contributed by atoms with Crippen LogP contribution in [0.5, 0.6) is 0 Å². The molecule has 0 aliphatic rings. The number of hydrogen-bond acceptors (Lipinski definition) is 3. The maximum Gasteiger partial charge on any atom is 0.243 e. The summed E-state index contributed by atoms with van der Waals surface area (Å²) in [6.07, 6.45) is 0. The highest BCUT2D eigenvalue weighted by Gasteiger charge is 2.27. The van der Waals surface area contributed by atoms with Gasteiger partial charge in [-0.2, -0.15) is 4.31 Å². The van der Waals surface area contributed by atoms with Crippen LogP contribution in [0.1, 0.15) is 5.56 Å². The number of nitrogens with zero attached hydrogens (tertiary/aromatic N) is 1. The molecule has 0 aromatic heterocycles. The molecule has 156 valence electrons. The van der Waals surface area contributed by atoms with Gasteiger partial charge in [0.15, 0.2) is 0 Å². The molecule has 1 amide bonds. The number of benzene rings is 3. The Morgan fingerprint density at radius 2 is 1.63 bits per heavy atom. The zero-order valence-electron chi connectivity index (χ0n) is 15.6. The van der Waals surface area contributed by atoms with Crippen LogP contribution in [0.25, 0.3) is 0 Å². The molecule has 3 aromatic carbocycles. The topological polar surface area (TPSA) is 66.5 Å². The molecule has 0 aliphatic heterocycles. The molecule has 0 saturated heterocycles. The molecule has 3 rings (SSSR count). The maximum atomic E-state index is 13.2. The van der Waals surface area contributed by atoms with Crippen molar-refractivity contribution in [3.63, 3.8) is 0 Å². The minimum Gasteiger partial charge on any atom is -0.325 e. The third-order valence-corrected chi connectivity index (χ3v) is 7.11. The van der Waals surface area contributed by atoms with Gasteiger partial charge in [0.25, 0.3) is 0 Å². The fourth-order valence-electron chi connectivity index (χ4n) is 2.70. The molecule has 0 atom stereocenters. The molecule has 0 spiro atoms. The standard InChI is InChI=1S/C21H17BrCl2N2O3S/c22-16-7-10-18(11-8-16)25-21(27)14-26(13-15-6-9-17(23)12-20(15)24)30(28,29)19-4-2-1-3-5-19/h1-12H,13-14H2,(H,25,27). The van der Waals surface area contributed by atoms with E-state index in [9.17, 15) is 13.2 Å². The van der Waals surface area contributed by atoms with Crippen molar-refractivity contribution in [3.8, 4) is 0 Å². The predicted octanol–water partition coefficient (Wildman–Crippen LogP) is 5.59. The molecule has 0 radical (unpaired) electrons. The summed E-state index contributed by atoms with van der Waals surface area (Å²) in [6, 6.07) is 19.7. The van der Waals surface area contributed by atoms with Gasteiger partial charge in [0.1, 0.15) is 0 Å². The third-order valence-electron chi connectivity index (χ3n) is 4.19. The molecule has 0 saturated carbocycles. The van der Waals surface area contributed by atoms with E-state index in [0.29, 0.717) is 21.3 Å². The lowest BCUT2D eigenvalue weighted by molar-refractivity contribution is -0.116. The van der Waals surface area contributed by atoms with Gasteiger partial charge in [0, 0.05) is 26.8 Å². The highest BCUT2D eigenvalue weighted by molar-refractivity contribution is 9.10. The normalized spacial score (nSPS) is 11.5. The number of rotatable bonds is 7. The first-order valence-electron chi connectivity index (χ1n) is 8.80. The van der Waals surface area contributed by atoms with E-state index in [1.807, 2.05) is 0 Å². The van der Waals surface area contributed by atoms with E-state index in [0.717, 1.165) is 8.78 Å². The number of sulfonamides is 1. The molecule has 9 heteroatoms. The van der Waals surface area contributed by atoms with Crippen LogP contribution in [-0.2, 0) is 21.4 Å². The molecule has 0 heterocycles. The first-order valence-corrected chi connectivity index (χ1v) is 11.8. The van der Waals surface area contributed by atoms with Crippen LogP contribution in [0.3, 0.4) is 0 Å². The van der Waals surface area contributed by atoms with Gasteiger partial charge in [-0.3, -0.25) is 4.79 Å². The maximum absolute atomic E-state index is 13.2. The monoisotopic (exact) mass is 526 g/mol. The van der Waals surface area contributed by atoms with Crippen molar-refractivity contribution in [2.75, 3.05) is 11.9 Å². The SMILES string of the molecule is O=C(CN(Cc1ccc(Cl)cc1Cl)S(=O)(=O)c1ccccc1)Nc1ccc(Br)cc1. The second-order valence-corrected chi connectivity index (χ2v) is 10.1. The molecule has 30 heavy (non-hydrogen) atoms. The van der Waals surface area contributed by atoms with Gasteiger partial charge < -0.3 is 5.32 Å². The van der Waals surface area contributed by atoms with E-state index < -0.39 is 15.9 Å². The molecule has 0 fully saturated rings. The van der Waals surface area contributed by atoms with E-state index in [1.54, 1.807) is 54.6 Å². The summed E-state index contributed by atoms with van der Waals surface area (Å²) >= 11 is 15.5. The largest absolute Gasteiger partial charge is 0.325 e. The second kappa shape index (κ2) is 9.94. The molecule has 0 unspecified atom stereocenters. The fraction of sp³-hybridized carbons (Fsp3) is 0.0952. The minimum atomic E-state index is -3.95. The Bertz CT molecular complexity index is 1140. The van der Waals surface area contributed by atoms with Crippen molar-refractivity contribution < 1.29 is 13.2 Å². The number of carbonyl (C=O) groups excluding carboxylic acids is 1. The van der Waals surface area contributed by atoms with Crippen molar-refractivity contribution in [3.05, 3.63) is 92.9 Å². The van der Waals surface area contributed by atoms with Crippen LogP contribution in [0.15, 0.2) is 82.2 Å². The highest BCUT2D eigenvalue weighted by Crippen LogP contribution is 2.25. The quantitative estimate of drug-likeness (QED) is 0.435. The molecule has 5 nitrogen and oxygen atoms in total. The van der Waals surface area contributed by atoms with Crippen molar-refractivity contribution in [1.29, 1.82) is 0 Å². The van der Waals surface area contributed by atoms with Crippen LogP contribution in [0.4, 0.5) is 5.69 Å². The Hall–Kier alpha value is -1.90. The Morgan fingerprint density at radius 1 is 0.967 bits per heavy atom. The number of hydrogen-bond donors (Lipinski definition) is 1. The summed E-state index contributed by atoms with van der Waals surface area (Å²) in [6.45, 7) is -0.465. The lowest BCUT2D eigenvalue weighted by atomic mass is 10.2. The number of amides is 1. The van der Waals surface area contributed by atoms with Crippen molar-refractivity contribution >= 4 is 60.7 Å². The molecule has 1 N–H and O–H groups in total. The summed E-state index contributed by atoms with van der Waals surface area (Å²) in [5.41, 5.74) is 1.10. The van der Waals surface area contributed by atoms with Gasteiger partial charge in [-0.15, -0.1) is 0 Å². The van der Waals surface area contributed by atoms with Crippen molar-refractivity contribution in [2.45, 2.75) is 11.4 Å². The smallest absolute Gasteiger partial charge is 0.243 e. The fourth-order valence-corrected chi connectivity index (χ4v) is 4.83. The molecule has 0 aliphatic carbocycles. The summed E-state index contributed by atoms with van der Waals surface area (Å²) < 4.78 is 28.4. The Morgan fingerprint density at radius 3 is 2.27 bits per heavy atom. The summed E-state index contributed by atoms with van der Waals surface area (Å²) in [4.78, 5) is 12.7. The van der Waals surface area contributed by atoms with Crippen LogP contribution >= 0.6 is 39.1 Å². The lowest BCUT2D eigenvalue weighted by Crippen LogP contribution is -2.37. The third kappa shape index (κ3) is 5.83. The van der Waals surface area contributed by atoms with Gasteiger partial charge in [-0.1, -0.05) is 63.4 Å². The molecular formula is C21H17BrCl2N2O3S. The minimum absolute atomic E-state index is 0.0824. The van der Waals surface area contributed by atoms with E-state index in [2.05, 4.69) is 21.2 Å². The Labute approximate surface area is 193 Å². The zero-order valence-corrected chi connectivity index (χ0v) is 19.5. The molecular weight excluding hydrogens is 511 g/mol. The highest BCUT2D eigenvalue weighted by atomic mass is 79.9. The van der Waals surface area contributed by atoms with E-state index in [4.69, 9.17) is 23.2 Å². The van der Waals surface area contributed by atoms with E-state index in [1.165, 1.54) is 18.2 Å². The van der Waals surface area contributed by atoms with Crippen molar-refractivity contribution in [1.82, 2.24) is 4.31 Å². The van der Waals surface area contributed by atoms with Gasteiger partial charge >= 0.3 is 0 Å². The molecule has 3 aromatic rings. The summed E-state index contributed by atoms with van der Waals surface area (Å²) in [5.74, 6) is -0.470. The van der Waals surface area contributed by atoms with Crippen LogP contribution < -0.4 is 5.32 Å². The first-order chi connectivity index (χ1) is 14.3. The number of anilines is 1. The summed E-state index contributed by atoms with van der Waals surface area (Å²) in [5, 5.41) is 3.47. The van der Waals surface area contributed by atoms with Gasteiger partial charge in [0.2, 0.25) is 15.9 Å². The average Bonchev–Trinajstić information content (AvgIpc) is 2.71. The van der Waals surface area contributed by atoms with E-state index in [-0.39, 0.29) is 18.0 Å². The number of halogens is 3. The number of nitrogens with one attached hydrogen (secondary N) is 1. The van der Waals surface area contributed by atoms with Gasteiger partial charge in [0.05, 0.1) is 11.4 Å².